The first-order valence-electron chi connectivity index (χ1n) is 6.78. The molecule has 2 atom stereocenters. The molecule has 0 radical (unpaired) electrons. The number of carbonyl (C=O) groups excluding carboxylic acids is 2. The predicted octanol–water partition coefficient (Wildman–Crippen LogP) is -2.70. The number of primary amides is 1. The topological polar surface area (TPSA) is 191 Å². The molecule has 1 rings (SSSR count). The first kappa shape index (κ1) is 17.4. The van der Waals surface area contributed by atoms with Gasteiger partial charge in [0.15, 0.2) is 5.96 Å². The highest BCUT2D eigenvalue weighted by Gasteiger charge is 2.22. The zero-order chi connectivity index (χ0) is 16.5. The summed E-state index contributed by atoms with van der Waals surface area (Å²) in [5.41, 5.74) is 22.1. The summed E-state index contributed by atoms with van der Waals surface area (Å²) in [6.45, 7) is 0.386. The predicted molar refractivity (Wildman–Crippen MR) is 81.3 cm³/mol. The summed E-state index contributed by atoms with van der Waals surface area (Å²) < 4.78 is 0. The van der Waals surface area contributed by atoms with E-state index >= 15 is 0 Å². The van der Waals surface area contributed by atoms with Crippen LogP contribution < -0.4 is 28.3 Å². The van der Waals surface area contributed by atoms with Gasteiger partial charge in [-0.1, -0.05) is 0 Å². The summed E-state index contributed by atoms with van der Waals surface area (Å²) >= 11 is 0. The zero-order valence-corrected chi connectivity index (χ0v) is 12.2. The first-order valence-corrected chi connectivity index (χ1v) is 6.78. The van der Waals surface area contributed by atoms with Gasteiger partial charge in [0, 0.05) is 24.9 Å². The van der Waals surface area contributed by atoms with E-state index in [0.29, 0.717) is 25.1 Å². The average Bonchev–Trinajstić information content (AvgIpc) is 2.95. The molecule has 0 saturated heterocycles. The fraction of sp³-hybridized carbons (Fsp3) is 0.500. The number of amides is 2. The summed E-state index contributed by atoms with van der Waals surface area (Å²) in [7, 11) is 0. The van der Waals surface area contributed by atoms with Gasteiger partial charge in [-0.25, -0.2) is 4.98 Å². The van der Waals surface area contributed by atoms with Gasteiger partial charge >= 0.3 is 0 Å². The molecule has 2 amide bonds. The van der Waals surface area contributed by atoms with Crippen LogP contribution in [0.25, 0.3) is 0 Å². The fourth-order valence-corrected chi connectivity index (χ4v) is 1.77. The van der Waals surface area contributed by atoms with E-state index in [9.17, 15) is 9.59 Å². The molecular weight excluding hydrogens is 288 g/mol. The molecule has 0 fully saturated rings. The van der Waals surface area contributed by atoms with Crippen molar-refractivity contribution >= 4 is 17.8 Å². The molecule has 0 spiro atoms. The molecule has 0 bridgehead atoms. The third-order valence-electron chi connectivity index (χ3n) is 2.94. The Kier molecular flexibility index (Phi) is 6.83. The van der Waals surface area contributed by atoms with Crippen LogP contribution in [0.4, 0.5) is 0 Å². The van der Waals surface area contributed by atoms with E-state index in [1.54, 1.807) is 6.20 Å². The number of imidazole rings is 1. The molecule has 1 aromatic rings. The number of H-pyrrole nitrogens is 1. The molecule has 0 unspecified atom stereocenters. The van der Waals surface area contributed by atoms with E-state index < -0.39 is 23.9 Å². The smallest absolute Gasteiger partial charge is 0.240 e. The number of guanidine groups is 1. The van der Waals surface area contributed by atoms with E-state index in [1.165, 1.54) is 6.33 Å². The second-order valence-electron chi connectivity index (χ2n) is 4.80. The van der Waals surface area contributed by atoms with Gasteiger partial charge in [0.2, 0.25) is 11.8 Å². The van der Waals surface area contributed by atoms with Crippen molar-refractivity contribution in [3.05, 3.63) is 18.2 Å². The van der Waals surface area contributed by atoms with Crippen molar-refractivity contribution in [3.63, 3.8) is 0 Å². The van der Waals surface area contributed by atoms with Crippen molar-refractivity contribution in [1.29, 1.82) is 0 Å². The standard InChI is InChI=1S/C12H22N8O2/c13-8(2-1-3-18-12(15)16)11(22)20-9(10(14)21)4-7-5-17-6-19-7/h5-6,8-9H,1-4,13H2,(H2,14,21)(H,17,19)(H,20,22)(H4,15,16,18)/t8-,9+/m0/s1. The number of aliphatic imine (C=N–C) groups is 1. The molecule has 1 aromatic heterocycles. The minimum atomic E-state index is -0.850. The van der Waals surface area contributed by atoms with Crippen molar-refractivity contribution in [2.45, 2.75) is 31.3 Å². The Labute approximate surface area is 127 Å². The van der Waals surface area contributed by atoms with Gasteiger partial charge in [-0.15, -0.1) is 0 Å². The Morgan fingerprint density at radius 1 is 1.36 bits per heavy atom. The molecule has 10 N–H and O–H groups in total. The first-order chi connectivity index (χ1) is 10.4. The van der Waals surface area contributed by atoms with Crippen molar-refractivity contribution < 1.29 is 9.59 Å². The number of hydrogen-bond acceptors (Lipinski definition) is 5. The molecule has 0 aliphatic heterocycles. The third-order valence-corrected chi connectivity index (χ3v) is 2.94. The normalized spacial score (nSPS) is 13.1. The van der Waals surface area contributed by atoms with E-state index in [-0.39, 0.29) is 12.4 Å². The van der Waals surface area contributed by atoms with Crippen LogP contribution >= 0.6 is 0 Å². The second kappa shape index (κ2) is 8.62. The third kappa shape index (κ3) is 6.22. The lowest BCUT2D eigenvalue weighted by Gasteiger charge is -2.17. The average molecular weight is 310 g/mol. The second-order valence-corrected chi connectivity index (χ2v) is 4.80. The maximum absolute atomic E-state index is 12.0. The van der Waals surface area contributed by atoms with Crippen molar-refractivity contribution in [3.8, 4) is 0 Å². The Morgan fingerprint density at radius 2 is 2.09 bits per heavy atom. The van der Waals surface area contributed by atoms with Crippen LogP contribution in [-0.4, -0.2) is 46.4 Å². The minimum absolute atomic E-state index is 0.00799. The maximum atomic E-state index is 12.0. The summed E-state index contributed by atoms with van der Waals surface area (Å²) in [4.78, 5) is 33.8. The van der Waals surface area contributed by atoms with Crippen molar-refractivity contribution in [2.75, 3.05) is 6.54 Å². The molecular formula is C12H22N8O2. The quantitative estimate of drug-likeness (QED) is 0.163. The van der Waals surface area contributed by atoms with Crippen LogP contribution in [0.3, 0.4) is 0 Å². The Hall–Kier alpha value is -2.62. The van der Waals surface area contributed by atoms with Gasteiger partial charge in [-0.2, -0.15) is 0 Å². The number of hydrogen-bond donors (Lipinski definition) is 6. The largest absolute Gasteiger partial charge is 0.370 e. The molecule has 1 heterocycles. The van der Waals surface area contributed by atoms with E-state index in [4.69, 9.17) is 22.9 Å². The van der Waals surface area contributed by atoms with E-state index in [0.717, 1.165) is 0 Å². The molecule has 122 valence electrons. The lowest BCUT2D eigenvalue weighted by molar-refractivity contribution is -0.128. The fourth-order valence-electron chi connectivity index (χ4n) is 1.77. The van der Waals surface area contributed by atoms with E-state index in [1.807, 2.05) is 0 Å². The van der Waals surface area contributed by atoms with Gasteiger partial charge in [0.05, 0.1) is 12.4 Å². The highest BCUT2D eigenvalue weighted by Crippen LogP contribution is 2.01. The van der Waals surface area contributed by atoms with Gasteiger partial charge in [-0.3, -0.25) is 14.6 Å². The molecule has 0 saturated carbocycles. The number of nitrogens with two attached hydrogens (primary N) is 4. The summed E-state index contributed by atoms with van der Waals surface area (Å²) in [5.74, 6) is -1.10. The van der Waals surface area contributed by atoms with Crippen LogP contribution in [0.2, 0.25) is 0 Å². The zero-order valence-electron chi connectivity index (χ0n) is 12.2. The van der Waals surface area contributed by atoms with E-state index in [2.05, 4.69) is 20.3 Å². The number of aromatic amines is 1. The van der Waals surface area contributed by atoms with Gasteiger partial charge in [0.1, 0.15) is 6.04 Å². The van der Waals surface area contributed by atoms with Gasteiger partial charge in [0.25, 0.3) is 0 Å². The van der Waals surface area contributed by atoms with Crippen LogP contribution in [0.5, 0.6) is 0 Å². The summed E-state index contributed by atoms with van der Waals surface area (Å²) in [5, 5.41) is 2.53. The van der Waals surface area contributed by atoms with Gasteiger partial charge < -0.3 is 33.2 Å². The monoisotopic (exact) mass is 310 g/mol. The molecule has 0 aliphatic rings. The highest BCUT2D eigenvalue weighted by atomic mass is 16.2. The Morgan fingerprint density at radius 3 is 2.64 bits per heavy atom. The van der Waals surface area contributed by atoms with Crippen LogP contribution in [0.1, 0.15) is 18.5 Å². The number of carbonyl (C=O) groups is 2. The number of nitrogens with one attached hydrogen (secondary N) is 2. The number of aromatic nitrogens is 2. The lowest BCUT2D eigenvalue weighted by Crippen LogP contribution is -2.51. The molecule has 0 aliphatic carbocycles. The van der Waals surface area contributed by atoms with Crippen molar-refractivity contribution in [1.82, 2.24) is 15.3 Å². The SMILES string of the molecule is NC(=O)[C@@H](Cc1cnc[nH]1)NC(=O)[C@@H](N)CCCN=C(N)N. The Bertz CT molecular complexity index is 509. The van der Waals surface area contributed by atoms with Crippen molar-refractivity contribution in [2.24, 2.45) is 27.9 Å². The summed E-state index contributed by atoms with van der Waals surface area (Å²) in [6.07, 6.45) is 4.19. The Balaban J connectivity index is 2.45. The maximum Gasteiger partial charge on any atom is 0.240 e. The number of rotatable bonds is 9. The van der Waals surface area contributed by atoms with Gasteiger partial charge in [-0.05, 0) is 12.8 Å². The molecule has 10 heteroatoms. The van der Waals surface area contributed by atoms with Crippen LogP contribution in [0, 0.1) is 0 Å². The molecule has 0 aromatic carbocycles. The molecule has 10 nitrogen and oxygen atoms in total. The van der Waals surface area contributed by atoms with Crippen LogP contribution in [-0.2, 0) is 16.0 Å². The lowest BCUT2D eigenvalue weighted by atomic mass is 10.1. The molecule has 22 heavy (non-hydrogen) atoms. The summed E-state index contributed by atoms with van der Waals surface area (Å²) in [6, 6.07) is -1.62. The number of nitrogens with zero attached hydrogens (tertiary/aromatic N) is 2. The van der Waals surface area contributed by atoms with Crippen LogP contribution in [0.15, 0.2) is 17.5 Å². The minimum Gasteiger partial charge on any atom is -0.370 e. The highest BCUT2D eigenvalue weighted by molar-refractivity contribution is 5.89.